The molecule has 170 valence electrons. The van der Waals surface area contributed by atoms with Crippen molar-refractivity contribution in [3.63, 3.8) is 0 Å². The van der Waals surface area contributed by atoms with Gasteiger partial charge in [0.25, 0.3) is 0 Å². The third-order valence-electron chi connectivity index (χ3n) is 9.63. The molecule has 1 spiro atoms. The first-order valence-corrected chi connectivity index (χ1v) is 12.7. The number of ether oxygens (including phenoxy) is 2. The molecule has 0 amide bonds. The van der Waals surface area contributed by atoms with Crippen molar-refractivity contribution in [3.05, 3.63) is 24.2 Å². The second-order valence-corrected chi connectivity index (χ2v) is 11.4. The molecule has 6 rings (SSSR count). The smallest absolute Gasteiger partial charge is 0.310 e. The fraction of sp³-hybridized carbons (Fsp3) is 0.808. The number of hydrogen-bond donors (Lipinski definition) is 1. The molecule has 5 aliphatic rings. The number of epoxide rings is 1. The predicted molar refractivity (Wildman–Crippen MR) is 116 cm³/mol. The molecule has 1 aromatic rings. The monoisotopic (exact) mass is 427 g/mol. The average molecular weight is 428 g/mol. The van der Waals surface area contributed by atoms with Crippen LogP contribution in [0.3, 0.4) is 0 Å². The van der Waals surface area contributed by atoms with E-state index in [4.69, 9.17) is 13.9 Å². The Bertz CT molecular complexity index is 802. The van der Waals surface area contributed by atoms with Gasteiger partial charge >= 0.3 is 5.97 Å². The Morgan fingerprint density at radius 1 is 1.19 bits per heavy atom. The average Bonchev–Trinajstić information content (AvgIpc) is 3.19. The highest BCUT2D eigenvalue weighted by molar-refractivity contribution is 5.75. The Morgan fingerprint density at radius 3 is 2.87 bits per heavy atom. The lowest BCUT2D eigenvalue weighted by atomic mass is 9.53. The molecular formula is C26H37NO4. The summed E-state index contributed by atoms with van der Waals surface area (Å²) in [6.07, 6.45) is 13.7. The van der Waals surface area contributed by atoms with Gasteiger partial charge in [-0.25, -0.2) is 0 Å². The number of carbonyl (C=O) groups is 1. The number of rotatable bonds is 5. The number of fused-ring (bicyclic) bond motifs is 3. The van der Waals surface area contributed by atoms with Gasteiger partial charge in [0.2, 0.25) is 0 Å². The minimum absolute atomic E-state index is 0.00142. The number of esters is 1. The van der Waals surface area contributed by atoms with E-state index in [1.807, 2.05) is 6.07 Å². The van der Waals surface area contributed by atoms with E-state index in [0.29, 0.717) is 23.8 Å². The summed E-state index contributed by atoms with van der Waals surface area (Å²) in [5, 5.41) is 3.83. The molecule has 2 aliphatic heterocycles. The Balaban J connectivity index is 1.13. The Hall–Kier alpha value is -1.33. The number of carbonyl (C=O) groups excluding carboxylic acids is 1. The van der Waals surface area contributed by atoms with E-state index < -0.39 is 0 Å². The number of hydrogen-bond acceptors (Lipinski definition) is 5. The minimum Gasteiger partial charge on any atom is -0.469 e. The Morgan fingerprint density at radius 2 is 2.06 bits per heavy atom. The lowest BCUT2D eigenvalue weighted by molar-refractivity contribution is -0.147. The van der Waals surface area contributed by atoms with Gasteiger partial charge in [0.05, 0.1) is 24.4 Å². The van der Waals surface area contributed by atoms with E-state index in [1.165, 1.54) is 44.9 Å². The van der Waals surface area contributed by atoms with E-state index in [2.05, 4.69) is 18.3 Å². The summed E-state index contributed by atoms with van der Waals surface area (Å²) in [7, 11) is 0. The lowest BCUT2D eigenvalue weighted by Crippen LogP contribution is -2.51. The predicted octanol–water partition coefficient (Wildman–Crippen LogP) is 4.50. The quantitative estimate of drug-likeness (QED) is 0.554. The highest BCUT2D eigenvalue weighted by Crippen LogP contribution is 2.62. The van der Waals surface area contributed by atoms with Gasteiger partial charge in [-0.15, -0.1) is 0 Å². The van der Waals surface area contributed by atoms with Crippen molar-refractivity contribution in [1.29, 1.82) is 0 Å². The van der Waals surface area contributed by atoms with Crippen LogP contribution in [0.5, 0.6) is 0 Å². The molecule has 5 nitrogen and oxygen atoms in total. The molecule has 2 saturated heterocycles. The first kappa shape index (κ1) is 20.3. The highest BCUT2D eigenvalue weighted by atomic mass is 16.6. The van der Waals surface area contributed by atoms with Crippen molar-refractivity contribution in [1.82, 2.24) is 5.32 Å². The molecule has 1 aromatic heterocycles. The molecule has 0 aromatic carbocycles. The summed E-state index contributed by atoms with van der Waals surface area (Å²) < 4.78 is 17.7. The molecule has 8 atom stereocenters. The molecule has 3 heterocycles. The molecule has 31 heavy (non-hydrogen) atoms. The molecule has 1 N–H and O–H groups in total. The standard InChI is InChI=1S/C26H37NO4/c1-25-9-5-10-26(16-30-26)23(25)13-19-20(24(28)31-22(19)14-25)15-27-21-8-3-2-6-17(21)12-18-7-4-11-29-18/h4,7,11,17,19-23,27H,2-3,5-6,8-10,12-16H2,1H3/t17-,19-,20-,21-,22-,23-,25-,26+/m1/s1. The van der Waals surface area contributed by atoms with Crippen LogP contribution in [0.25, 0.3) is 0 Å². The molecule has 0 unspecified atom stereocenters. The maximum absolute atomic E-state index is 12.9. The molecular weight excluding hydrogens is 390 g/mol. The zero-order valence-corrected chi connectivity index (χ0v) is 18.8. The van der Waals surface area contributed by atoms with Crippen LogP contribution < -0.4 is 5.32 Å². The van der Waals surface area contributed by atoms with Gasteiger partial charge in [-0.1, -0.05) is 19.8 Å². The highest BCUT2D eigenvalue weighted by Gasteiger charge is 2.65. The maximum atomic E-state index is 12.9. The van der Waals surface area contributed by atoms with Crippen LogP contribution in [-0.2, 0) is 20.7 Å². The van der Waals surface area contributed by atoms with Gasteiger partial charge in [-0.05, 0) is 74.3 Å². The van der Waals surface area contributed by atoms with Crippen LogP contribution in [-0.4, -0.2) is 36.9 Å². The molecule has 3 saturated carbocycles. The van der Waals surface area contributed by atoms with Crippen LogP contribution >= 0.6 is 0 Å². The van der Waals surface area contributed by atoms with Crippen molar-refractivity contribution in [2.75, 3.05) is 13.2 Å². The first-order chi connectivity index (χ1) is 15.1. The summed E-state index contributed by atoms with van der Waals surface area (Å²) in [6.45, 7) is 4.12. The van der Waals surface area contributed by atoms with Crippen molar-refractivity contribution >= 4 is 5.97 Å². The lowest BCUT2D eigenvalue weighted by Gasteiger charge is -2.51. The molecule has 5 heteroatoms. The van der Waals surface area contributed by atoms with Crippen molar-refractivity contribution in [3.8, 4) is 0 Å². The van der Waals surface area contributed by atoms with Gasteiger partial charge in [-0.2, -0.15) is 0 Å². The topological polar surface area (TPSA) is 64.0 Å². The van der Waals surface area contributed by atoms with E-state index in [9.17, 15) is 4.79 Å². The van der Waals surface area contributed by atoms with E-state index in [1.54, 1.807) is 6.26 Å². The summed E-state index contributed by atoms with van der Waals surface area (Å²) in [5.41, 5.74) is 0.398. The summed E-state index contributed by atoms with van der Waals surface area (Å²) in [6, 6.07) is 4.53. The van der Waals surface area contributed by atoms with Crippen LogP contribution in [0.1, 0.15) is 70.5 Å². The normalized spacial score (nSPS) is 46.4. The van der Waals surface area contributed by atoms with Gasteiger partial charge in [0, 0.05) is 24.9 Å². The van der Waals surface area contributed by atoms with Crippen molar-refractivity contribution in [2.24, 2.45) is 29.1 Å². The van der Waals surface area contributed by atoms with Crippen LogP contribution in [0.15, 0.2) is 22.8 Å². The molecule has 3 aliphatic carbocycles. The maximum Gasteiger partial charge on any atom is 0.310 e. The SMILES string of the molecule is C[C@]12CCC[C@]3(CO3)[C@@H]1C[C@H]1[C@@H](C2)OC(=O)[C@@H]1CN[C@@H]1CCCC[C@@H]1Cc1ccco1. The fourth-order valence-electron chi connectivity index (χ4n) is 7.88. The zero-order valence-electron chi connectivity index (χ0n) is 18.8. The summed E-state index contributed by atoms with van der Waals surface area (Å²) >= 11 is 0. The first-order valence-electron chi connectivity index (χ1n) is 12.7. The largest absolute Gasteiger partial charge is 0.469 e. The van der Waals surface area contributed by atoms with Gasteiger partial charge in [0.15, 0.2) is 0 Å². The molecule has 0 bridgehead atoms. The van der Waals surface area contributed by atoms with Crippen molar-refractivity contribution < 1.29 is 18.7 Å². The molecule has 0 radical (unpaired) electrons. The Kier molecular flexibility index (Phi) is 4.99. The third kappa shape index (κ3) is 3.56. The second-order valence-electron chi connectivity index (χ2n) is 11.4. The minimum atomic E-state index is -0.00142. The fourth-order valence-corrected chi connectivity index (χ4v) is 7.88. The van der Waals surface area contributed by atoms with Crippen LogP contribution in [0.2, 0.25) is 0 Å². The van der Waals surface area contributed by atoms with Crippen molar-refractivity contribution in [2.45, 2.75) is 88.9 Å². The van der Waals surface area contributed by atoms with Crippen LogP contribution in [0, 0.1) is 29.1 Å². The van der Waals surface area contributed by atoms with Crippen LogP contribution in [0.4, 0.5) is 0 Å². The van der Waals surface area contributed by atoms with Gasteiger partial charge in [-0.3, -0.25) is 4.79 Å². The third-order valence-corrected chi connectivity index (χ3v) is 9.63. The van der Waals surface area contributed by atoms with Gasteiger partial charge < -0.3 is 19.2 Å². The van der Waals surface area contributed by atoms with E-state index in [0.717, 1.165) is 38.2 Å². The molecule has 5 fully saturated rings. The van der Waals surface area contributed by atoms with E-state index in [-0.39, 0.29) is 29.0 Å². The zero-order chi connectivity index (χ0) is 21.1. The van der Waals surface area contributed by atoms with E-state index >= 15 is 0 Å². The number of nitrogens with one attached hydrogen (secondary N) is 1. The van der Waals surface area contributed by atoms with Gasteiger partial charge in [0.1, 0.15) is 11.9 Å². The summed E-state index contributed by atoms with van der Waals surface area (Å²) in [4.78, 5) is 12.9. The second kappa shape index (κ2) is 7.62. The Labute approximate surface area is 185 Å². The summed E-state index contributed by atoms with van der Waals surface area (Å²) in [5.74, 6) is 2.65. The number of furan rings is 1.